The molecule has 18 heavy (non-hydrogen) atoms. The average molecular weight is 363 g/mol. The minimum absolute atomic E-state index is 0.163. The molecule has 100 valence electrons. The van der Waals surface area contributed by atoms with Gasteiger partial charge in [0.25, 0.3) is 0 Å². The molecule has 1 heterocycles. The van der Waals surface area contributed by atoms with Crippen LogP contribution in [0, 0.1) is 15.3 Å². The van der Waals surface area contributed by atoms with E-state index >= 15 is 0 Å². The van der Waals surface area contributed by atoms with E-state index in [-0.39, 0.29) is 5.82 Å². The first-order valence-electron chi connectivity index (χ1n) is 6.40. The van der Waals surface area contributed by atoms with Gasteiger partial charge in [0.2, 0.25) is 0 Å². The Morgan fingerprint density at radius 3 is 2.78 bits per heavy atom. The van der Waals surface area contributed by atoms with Crippen LogP contribution in [-0.2, 0) is 4.74 Å². The van der Waals surface area contributed by atoms with Crippen LogP contribution >= 0.6 is 22.6 Å². The van der Waals surface area contributed by atoms with Crippen molar-refractivity contribution in [3.8, 4) is 0 Å². The van der Waals surface area contributed by atoms with E-state index < -0.39 is 0 Å². The van der Waals surface area contributed by atoms with Crippen LogP contribution in [0.5, 0.6) is 0 Å². The highest BCUT2D eigenvalue weighted by molar-refractivity contribution is 14.1. The summed E-state index contributed by atoms with van der Waals surface area (Å²) in [7, 11) is 1.98. The third kappa shape index (κ3) is 3.65. The van der Waals surface area contributed by atoms with Gasteiger partial charge in [0.1, 0.15) is 5.82 Å². The van der Waals surface area contributed by atoms with Crippen LogP contribution in [0.15, 0.2) is 18.2 Å². The number of nitrogens with one attached hydrogen (secondary N) is 1. The lowest BCUT2D eigenvalue weighted by molar-refractivity contribution is 0.0607. The van der Waals surface area contributed by atoms with Crippen LogP contribution in [0.1, 0.15) is 30.9 Å². The molecule has 4 heteroatoms. The molecule has 0 amide bonds. The fourth-order valence-electron chi connectivity index (χ4n) is 2.50. The predicted molar refractivity (Wildman–Crippen MR) is 79.1 cm³/mol. The summed E-state index contributed by atoms with van der Waals surface area (Å²) in [6, 6.07) is 5.36. The van der Waals surface area contributed by atoms with Crippen molar-refractivity contribution in [2.75, 3.05) is 20.3 Å². The van der Waals surface area contributed by atoms with Crippen molar-refractivity contribution in [1.29, 1.82) is 0 Å². The van der Waals surface area contributed by atoms with E-state index in [1.165, 1.54) is 5.56 Å². The summed E-state index contributed by atoms with van der Waals surface area (Å²) in [6.07, 6.45) is 3.37. The summed E-state index contributed by atoms with van der Waals surface area (Å²) in [5.41, 5.74) is 1.20. The number of hydrogen-bond donors (Lipinski definition) is 1. The van der Waals surface area contributed by atoms with Crippen molar-refractivity contribution in [3.05, 3.63) is 33.1 Å². The molecular formula is C14H19FINO. The Hall–Kier alpha value is -0.200. The Morgan fingerprint density at radius 2 is 2.17 bits per heavy atom. The average Bonchev–Trinajstić information content (AvgIpc) is 2.38. The number of rotatable bonds is 4. The first kappa shape index (κ1) is 14.2. The summed E-state index contributed by atoms with van der Waals surface area (Å²) in [5.74, 6) is 0.543. The summed E-state index contributed by atoms with van der Waals surface area (Å²) in [4.78, 5) is 0. The van der Waals surface area contributed by atoms with Gasteiger partial charge in [-0.05, 0) is 72.5 Å². The molecule has 0 saturated carbocycles. The molecule has 0 bridgehead atoms. The molecule has 2 nitrogen and oxygen atoms in total. The monoisotopic (exact) mass is 363 g/mol. The molecule has 0 aromatic heterocycles. The molecule has 0 radical (unpaired) electrons. The van der Waals surface area contributed by atoms with Crippen LogP contribution in [0.4, 0.5) is 4.39 Å². The highest BCUT2D eigenvalue weighted by Gasteiger charge is 2.20. The second kappa shape index (κ2) is 6.82. The van der Waals surface area contributed by atoms with Gasteiger partial charge in [-0.2, -0.15) is 0 Å². The van der Waals surface area contributed by atoms with Crippen molar-refractivity contribution in [3.63, 3.8) is 0 Å². The molecule has 1 aliphatic heterocycles. The van der Waals surface area contributed by atoms with Gasteiger partial charge in [0.15, 0.2) is 0 Å². The SMILES string of the molecule is CNC(CC1CCOCC1)c1ccc(F)cc1I. The molecule has 0 aliphatic carbocycles. The van der Waals surface area contributed by atoms with E-state index in [2.05, 4.69) is 27.9 Å². The Bertz CT molecular complexity index is 393. The zero-order chi connectivity index (χ0) is 13.0. The smallest absolute Gasteiger partial charge is 0.124 e. The maximum atomic E-state index is 13.1. The number of ether oxygens (including phenoxy) is 1. The predicted octanol–water partition coefficient (Wildman–Crippen LogP) is 3.51. The van der Waals surface area contributed by atoms with Gasteiger partial charge < -0.3 is 10.1 Å². The minimum Gasteiger partial charge on any atom is -0.381 e. The van der Waals surface area contributed by atoms with Gasteiger partial charge in [0.05, 0.1) is 0 Å². The second-order valence-electron chi connectivity index (χ2n) is 4.80. The van der Waals surface area contributed by atoms with Gasteiger partial charge in [-0.15, -0.1) is 0 Å². The van der Waals surface area contributed by atoms with Crippen LogP contribution in [0.25, 0.3) is 0 Å². The van der Waals surface area contributed by atoms with Crippen molar-refractivity contribution >= 4 is 22.6 Å². The van der Waals surface area contributed by atoms with Crippen molar-refractivity contribution in [2.24, 2.45) is 5.92 Å². The summed E-state index contributed by atoms with van der Waals surface area (Å²) in [6.45, 7) is 1.75. The summed E-state index contributed by atoms with van der Waals surface area (Å²) < 4.78 is 19.5. The van der Waals surface area contributed by atoms with Crippen molar-refractivity contribution < 1.29 is 9.13 Å². The van der Waals surface area contributed by atoms with E-state index in [1.54, 1.807) is 12.1 Å². The van der Waals surface area contributed by atoms with E-state index in [0.717, 1.165) is 36.0 Å². The largest absolute Gasteiger partial charge is 0.381 e. The first-order chi connectivity index (χ1) is 8.70. The fraction of sp³-hybridized carbons (Fsp3) is 0.571. The number of hydrogen-bond acceptors (Lipinski definition) is 2. The van der Waals surface area contributed by atoms with Gasteiger partial charge in [-0.25, -0.2) is 4.39 Å². The topological polar surface area (TPSA) is 21.3 Å². The second-order valence-corrected chi connectivity index (χ2v) is 5.96. The molecule has 1 saturated heterocycles. The fourth-order valence-corrected chi connectivity index (χ4v) is 3.35. The van der Waals surface area contributed by atoms with Gasteiger partial charge >= 0.3 is 0 Å². The Labute approximate surface area is 121 Å². The lowest BCUT2D eigenvalue weighted by Crippen LogP contribution is -2.24. The molecule has 1 atom stereocenters. The lowest BCUT2D eigenvalue weighted by Gasteiger charge is -2.27. The van der Waals surface area contributed by atoms with Gasteiger partial charge in [-0.1, -0.05) is 6.07 Å². The molecule has 1 aromatic rings. The third-order valence-electron chi connectivity index (χ3n) is 3.60. The molecule has 1 aromatic carbocycles. The van der Waals surface area contributed by atoms with E-state index in [9.17, 15) is 4.39 Å². The molecule has 1 aliphatic rings. The summed E-state index contributed by atoms with van der Waals surface area (Å²) >= 11 is 2.21. The normalized spacial score (nSPS) is 18.8. The van der Waals surface area contributed by atoms with Gasteiger partial charge in [0, 0.05) is 22.8 Å². The quantitative estimate of drug-likeness (QED) is 0.827. The Morgan fingerprint density at radius 1 is 1.44 bits per heavy atom. The maximum Gasteiger partial charge on any atom is 0.124 e. The molecule has 1 N–H and O–H groups in total. The Balaban J connectivity index is 2.07. The van der Waals surface area contributed by atoms with Crippen LogP contribution in [0.3, 0.4) is 0 Å². The molecule has 0 spiro atoms. The van der Waals surface area contributed by atoms with Crippen LogP contribution in [0.2, 0.25) is 0 Å². The van der Waals surface area contributed by atoms with Crippen LogP contribution < -0.4 is 5.32 Å². The molecule has 1 unspecified atom stereocenters. The number of benzene rings is 1. The van der Waals surface area contributed by atoms with Crippen molar-refractivity contribution in [2.45, 2.75) is 25.3 Å². The van der Waals surface area contributed by atoms with Crippen molar-refractivity contribution in [1.82, 2.24) is 5.32 Å². The highest BCUT2D eigenvalue weighted by Crippen LogP contribution is 2.30. The Kier molecular flexibility index (Phi) is 5.38. The van der Waals surface area contributed by atoms with E-state index in [0.29, 0.717) is 12.0 Å². The standard InChI is InChI=1S/C14H19FINO/c1-17-14(8-10-4-6-18-7-5-10)12-3-2-11(15)9-13(12)16/h2-3,9-10,14,17H,4-8H2,1H3. The molecule has 1 fully saturated rings. The zero-order valence-corrected chi connectivity index (χ0v) is 12.7. The number of halogens is 2. The third-order valence-corrected chi connectivity index (χ3v) is 4.53. The molecule has 2 rings (SSSR count). The highest BCUT2D eigenvalue weighted by atomic mass is 127. The van der Waals surface area contributed by atoms with E-state index in [4.69, 9.17) is 4.74 Å². The lowest BCUT2D eigenvalue weighted by atomic mass is 9.89. The molecular weight excluding hydrogens is 344 g/mol. The zero-order valence-electron chi connectivity index (χ0n) is 10.6. The van der Waals surface area contributed by atoms with Crippen LogP contribution in [-0.4, -0.2) is 20.3 Å². The summed E-state index contributed by atoms with van der Waals surface area (Å²) in [5, 5.41) is 3.36. The maximum absolute atomic E-state index is 13.1. The first-order valence-corrected chi connectivity index (χ1v) is 7.48. The van der Waals surface area contributed by atoms with Gasteiger partial charge in [-0.3, -0.25) is 0 Å². The minimum atomic E-state index is -0.163. The van der Waals surface area contributed by atoms with E-state index in [1.807, 2.05) is 13.1 Å².